The zero-order chi connectivity index (χ0) is 18.8. The van der Waals surface area contributed by atoms with E-state index in [9.17, 15) is 9.59 Å². The summed E-state index contributed by atoms with van der Waals surface area (Å²) >= 11 is 7.87. The highest BCUT2D eigenvalue weighted by Gasteiger charge is 2.24. The van der Waals surface area contributed by atoms with Crippen LogP contribution < -0.4 is 10.5 Å². The molecular weight excluding hydrogens is 382 g/mol. The number of halogens is 1. The Morgan fingerprint density at radius 3 is 2.59 bits per heavy atom. The molecule has 0 aliphatic heterocycles. The van der Waals surface area contributed by atoms with Gasteiger partial charge in [0, 0.05) is 10.3 Å². The third-order valence-corrected chi connectivity index (χ3v) is 5.34. The lowest BCUT2D eigenvalue weighted by atomic mass is 10.1. The number of anilines is 1. The molecule has 2 heterocycles. The molecular formula is C21H14ClNO3S. The summed E-state index contributed by atoms with van der Waals surface area (Å²) in [5, 5.41) is 3.07. The summed E-state index contributed by atoms with van der Waals surface area (Å²) in [5.41, 5.74) is 0.304. The predicted octanol–water partition coefficient (Wildman–Crippen LogP) is 5.35. The largest absolute Gasteiger partial charge is 0.422 e. The Bertz CT molecular complexity index is 1170. The summed E-state index contributed by atoms with van der Waals surface area (Å²) in [5.74, 6) is -0.448. The summed E-state index contributed by atoms with van der Waals surface area (Å²) < 4.78 is 5.33. The lowest BCUT2D eigenvalue weighted by Gasteiger charge is -2.23. The van der Waals surface area contributed by atoms with Gasteiger partial charge < -0.3 is 9.32 Å². The molecule has 134 valence electrons. The third kappa shape index (κ3) is 3.52. The van der Waals surface area contributed by atoms with Gasteiger partial charge in [0.1, 0.15) is 11.1 Å². The van der Waals surface area contributed by atoms with Crippen molar-refractivity contribution >= 4 is 45.5 Å². The number of rotatable bonds is 4. The summed E-state index contributed by atoms with van der Waals surface area (Å²) in [7, 11) is 0. The van der Waals surface area contributed by atoms with Gasteiger partial charge in [0.15, 0.2) is 0 Å². The second kappa shape index (κ2) is 7.39. The Morgan fingerprint density at radius 2 is 1.81 bits per heavy atom. The highest BCUT2D eigenvalue weighted by atomic mass is 35.5. The van der Waals surface area contributed by atoms with Gasteiger partial charge in [-0.3, -0.25) is 4.79 Å². The molecule has 1 amide bonds. The van der Waals surface area contributed by atoms with Crippen molar-refractivity contribution in [3.05, 3.63) is 98.0 Å². The van der Waals surface area contributed by atoms with Gasteiger partial charge in [-0.15, -0.1) is 11.3 Å². The molecule has 0 saturated carbocycles. The highest BCUT2D eigenvalue weighted by Crippen LogP contribution is 2.29. The molecule has 4 nitrogen and oxygen atoms in total. The lowest BCUT2D eigenvalue weighted by Crippen LogP contribution is -2.33. The van der Waals surface area contributed by atoms with Gasteiger partial charge in [-0.2, -0.15) is 0 Å². The van der Waals surface area contributed by atoms with Crippen LogP contribution in [0.5, 0.6) is 0 Å². The van der Waals surface area contributed by atoms with E-state index in [1.54, 1.807) is 48.5 Å². The number of thiophene rings is 1. The SMILES string of the molecule is O=C(c1cc2ccccc2oc1=O)N(Cc1cccs1)c1ccccc1Cl. The summed E-state index contributed by atoms with van der Waals surface area (Å²) in [6.45, 7) is 0.312. The molecule has 27 heavy (non-hydrogen) atoms. The molecule has 0 atom stereocenters. The van der Waals surface area contributed by atoms with Gasteiger partial charge in [-0.05, 0) is 35.7 Å². The first-order valence-electron chi connectivity index (χ1n) is 8.25. The van der Waals surface area contributed by atoms with Crippen molar-refractivity contribution in [3.63, 3.8) is 0 Å². The van der Waals surface area contributed by atoms with E-state index >= 15 is 0 Å². The Balaban J connectivity index is 1.82. The van der Waals surface area contributed by atoms with Crippen molar-refractivity contribution in [2.24, 2.45) is 0 Å². The van der Waals surface area contributed by atoms with Gasteiger partial charge in [-0.25, -0.2) is 4.79 Å². The minimum Gasteiger partial charge on any atom is -0.422 e. The van der Waals surface area contributed by atoms with Crippen molar-refractivity contribution in [3.8, 4) is 0 Å². The topological polar surface area (TPSA) is 50.5 Å². The maximum atomic E-state index is 13.3. The van der Waals surface area contributed by atoms with E-state index in [1.807, 2.05) is 23.6 Å². The van der Waals surface area contributed by atoms with Crippen LogP contribution in [0.2, 0.25) is 5.02 Å². The fraction of sp³-hybridized carbons (Fsp3) is 0.0476. The van der Waals surface area contributed by atoms with E-state index in [0.717, 1.165) is 4.88 Å². The average Bonchev–Trinajstić information content (AvgIpc) is 3.19. The van der Waals surface area contributed by atoms with Gasteiger partial charge in [0.2, 0.25) is 0 Å². The number of nitrogens with zero attached hydrogens (tertiary/aromatic N) is 1. The monoisotopic (exact) mass is 395 g/mol. The first-order valence-corrected chi connectivity index (χ1v) is 9.51. The maximum Gasteiger partial charge on any atom is 0.349 e. The number of para-hydroxylation sites is 2. The van der Waals surface area contributed by atoms with Crippen molar-refractivity contribution in [2.45, 2.75) is 6.54 Å². The van der Waals surface area contributed by atoms with Crippen LogP contribution in [-0.4, -0.2) is 5.91 Å². The third-order valence-electron chi connectivity index (χ3n) is 4.15. The number of carbonyl (C=O) groups excluding carboxylic acids is 1. The lowest BCUT2D eigenvalue weighted by molar-refractivity contribution is 0.0982. The fourth-order valence-electron chi connectivity index (χ4n) is 2.85. The highest BCUT2D eigenvalue weighted by molar-refractivity contribution is 7.09. The zero-order valence-corrected chi connectivity index (χ0v) is 15.7. The Labute approximate surface area is 164 Å². The minimum atomic E-state index is -0.665. The van der Waals surface area contributed by atoms with Gasteiger partial charge >= 0.3 is 5.63 Å². The number of fused-ring (bicyclic) bond motifs is 1. The van der Waals surface area contributed by atoms with E-state index in [-0.39, 0.29) is 5.56 Å². The molecule has 0 unspecified atom stereocenters. The van der Waals surface area contributed by atoms with Crippen molar-refractivity contribution < 1.29 is 9.21 Å². The first-order chi connectivity index (χ1) is 13.1. The molecule has 0 bridgehead atoms. The molecule has 2 aromatic carbocycles. The summed E-state index contributed by atoms with van der Waals surface area (Å²) in [6, 6.07) is 19.6. The van der Waals surface area contributed by atoms with Crippen molar-refractivity contribution in [1.82, 2.24) is 0 Å². The minimum absolute atomic E-state index is 0.0230. The number of carbonyl (C=O) groups is 1. The van der Waals surface area contributed by atoms with Crippen LogP contribution >= 0.6 is 22.9 Å². The summed E-state index contributed by atoms with van der Waals surface area (Å²) in [6.07, 6.45) is 0. The fourth-order valence-corrected chi connectivity index (χ4v) is 3.78. The van der Waals surface area contributed by atoms with Crippen molar-refractivity contribution in [2.75, 3.05) is 4.90 Å². The molecule has 2 aromatic heterocycles. The number of amides is 1. The van der Waals surface area contributed by atoms with E-state index in [1.165, 1.54) is 16.2 Å². The van der Waals surface area contributed by atoms with Crippen LogP contribution in [0.15, 0.2) is 81.3 Å². The Kier molecular flexibility index (Phi) is 4.79. The molecule has 0 saturated heterocycles. The van der Waals surface area contributed by atoms with Gasteiger partial charge in [0.25, 0.3) is 5.91 Å². The second-order valence-corrected chi connectivity index (χ2v) is 7.35. The molecule has 0 fully saturated rings. The standard InChI is InChI=1S/C21H14ClNO3S/c22-17-8-2-3-9-18(17)23(13-15-7-5-11-27-15)20(24)16-12-14-6-1-4-10-19(14)26-21(16)25/h1-12H,13H2. The van der Waals surface area contributed by atoms with Gasteiger partial charge in [-0.1, -0.05) is 48.0 Å². The molecule has 0 radical (unpaired) electrons. The Morgan fingerprint density at radius 1 is 1.04 bits per heavy atom. The second-order valence-electron chi connectivity index (χ2n) is 5.91. The number of benzene rings is 2. The zero-order valence-electron chi connectivity index (χ0n) is 14.1. The van der Waals surface area contributed by atoms with E-state index < -0.39 is 11.5 Å². The van der Waals surface area contributed by atoms with E-state index in [0.29, 0.717) is 28.2 Å². The van der Waals surface area contributed by atoms with Crippen LogP contribution in [0.4, 0.5) is 5.69 Å². The average molecular weight is 396 g/mol. The number of hydrogen-bond donors (Lipinski definition) is 0. The maximum absolute atomic E-state index is 13.3. The molecule has 0 N–H and O–H groups in total. The van der Waals surface area contributed by atoms with Crippen LogP contribution in [0.1, 0.15) is 15.2 Å². The molecule has 0 aliphatic rings. The smallest absolute Gasteiger partial charge is 0.349 e. The van der Waals surface area contributed by atoms with E-state index in [4.69, 9.17) is 16.0 Å². The molecule has 0 spiro atoms. The quantitative estimate of drug-likeness (QED) is 0.437. The Hall–Kier alpha value is -2.89. The number of hydrogen-bond acceptors (Lipinski definition) is 4. The molecule has 6 heteroatoms. The van der Waals surface area contributed by atoms with Crippen LogP contribution in [0.3, 0.4) is 0 Å². The van der Waals surface area contributed by atoms with Crippen LogP contribution in [-0.2, 0) is 6.54 Å². The molecule has 4 rings (SSSR count). The normalized spacial score (nSPS) is 10.9. The first kappa shape index (κ1) is 17.5. The van der Waals surface area contributed by atoms with Crippen LogP contribution in [0, 0.1) is 0 Å². The predicted molar refractivity (Wildman–Crippen MR) is 109 cm³/mol. The van der Waals surface area contributed by atoms with Crippen molar-refractivity contribution in [1.29, 1.82) is 0 Å². The van der Waals surface area contributed by atoms with E-state index in [2.05, 4.69) is 0 Å². The molecule has 4 aromatic rings. The molecule has 0 aliphatic carbocycles. The van der Waals surface area contributed by atoms with Crippen LogP contribution in [0.25, 0.3) is 11.0 Å². The summed E-state index contributed by atoms with van der Waals surface area (Å²) in [4.78, 5) is 28.2. The van der Waals surface area contributed by atoms with Gasteiger partial charge in [0.05, 0.1) is 17.3 Å².